The number of pyridine rings is 1. The molecule has 28 heavy (non-hydrogen) atoms. The summed E-state index contributed by atoms with van der Waals surface area (Å²) in [6.45, 7) is 2.02. The van der Waals surface area contributed by atoms with E-state index in [0.717, 1.165) is 16.5 Å². The van der Waals surface area contributed by atoms with Crippen LogP contribution in [0.25, 0.3) is 10.9 Å². The molecule has 1 amide bonds. The summed E-state index contributed by atoms with van der Waals surface area (Å²) >= 11 is 0. The molecule has 0 unspecified atom stereocenters. The minimum absolute atomic E-state index is 0.0942. The molecule has 0 saturated carbocycles. The van der Waals surface area contributed by atoms with Crippen molar-refractivity contribution < 1.29 is 13.2 Å². The highest BCUT2D eigenvalue weighted by Gasteiger charge is 2.21. The molecule has 2 heterocycles. The second-order valence-corrected chi connectivity index (χ2v) is 8.62. The number of rotatable bonds is 5. The Labute approximate surface area is 161 Å². The molecule has 0 aliphatic carbocycles. The fourth-order valence-corrected chi connectivity index (χ4v) is 4.47. The van der Waals surface area contributed by atoms with E-state index >= 15 is 0 Å². The number of sulfonamides is 1. The van der Waals surface area contributed by atoms with Gasteiger partial charge in [-0.3, -0.25) is 9.59 Å². The summed E-state index contributed by atoms with van der Waals surface area (Å²) in [7, 11) is -3.73. The van der Waals surface area contributed by atoms with E-state index in [1.807, 2.05) is 25.1 Å². The summed E-state index contributed by atoms with van der Waals surface area (Å²) in [5.74, 6) is -0.150. The summed E-state index contributed by atoms with van der Waals surface area (Å²) in [6, 6.07) is 12.1. The quantitative estimate of drug-likeness (QED) is 0.611. The average molecular weight is 397 g/mol. The van der Waals surface area contributed by atoms with E-state index in [4.69, 9.17) is 0 Å². The molecular weight excluding hydrogens is 378 g/mol. The van der Waals surface area contributed by atoms with Gasteiger partial charge in [-0.2, -0.15) is 0 Å². The summed E-state index contributed by atoms with van der Waals surface area (Å²) in [6.07, 6.45) is 0.438. The van der Waals surface area contributed by atoms with Crippen molar-refractivity contribution in [3.8, 4) is 0 Å². The predicted octanol–water partition coefficient (Wildman–Crippen LogP) is 1.85. The normalized spacial score (nSPS) is 13.5. The van der Waals surface area contributed by atoms with Gasteiger partial charge in [0, 0.05) is 17.8 Å². The standard InChI is InChI=1S/C20H19N3O4S/c1-12-3-2-4-13-9-14(20(25)23-19(12)13)7-8-21-28(26,27)16-5-6-17-15(10-16)11-18(24)22-17/h2-6,9-10,21H,7-8,11H2,1H3,(H,22,24)(H,23,25). The number of benzene rings is 2. The van der Waals surface area contributed by atoms with Crippen molar-refractivity contribution in [2.45, 2.75) is 24.7 Å². The van der Waals surface area contributed by atoms with Crippen LogP contribution in [-0.2, 0) is 27.7 Å². The van der Waals surface area contributed by atoms with Crippen molar-refractivity contribution in [1.82, 2.24) is 9.71 Å². The number of hydrogen-bond acceptors (Lipinski definition) is 4. The number of anilines is 1. The van der Waals surface area contributed by atoms with Crippen LogP contribution in [0.4, 0.5) is 5.69 Å². The maximum absolute atomic E-state index is 12.5. The highest BCUT2D eigenvalue weighted by Crippen LogP contribution is 2.25. The predicted molar refractivity (Wildman–Crippen MR) is 107 cm³/mol. The van der Waals surface area contributed by atoms with Gasteiger partial charge in [-0.05, 0) is 54.1 Å². The Balaban J connectivity index is 1.50. The minimum atomic E-state index is -3.73. The number of carbonyl (C=O) groups excluding carboxylic acids is 1. The Morgan fingerprint density at radius 3 is 2.75 bits per heavy atom. The second kappa shape index (κ2) is 6.88. The molecule has 0 saturated heterocycles. The molecule has 0 atom stereocenters. The van der Waals surface area contributed by atoms with E-state index in [9.17, 15) is 18.0 Å². The van der Waals surface area contributed by atoms with E-state index in [1.165, 1.54) is 12.1 Å². The summed E-state index contributed by atoms with van der Waals surface area (Å²) < 4.78 is 27.6. The highest BCUT2D eigenvalue weighted by molar-refractivity contribution is 7.89. The van der Waals surface area contributed by atoms with Gasteiger partial charge in [0.05, 0.1) is 16.8 Å². The average Bonchev–Trinajstić information content (AvgIpc) is 3.02. The number of nitrogens with one attached hydrogen (secondary N) is 3. The Hall–Kier alpha value is -2.97. The van der Waals surface area contributed by atoms with Crippen LogP contribution in [0, 0.1) is 6.92 Å². The van der Waals surface area contributed by atoms with Gasteiger partial charge in [-0.15, -0.1) is 0 Å². The van der Waals surface area contributed by atoms with Crippen LogP contribution in [0.2, 0.25) is 0 Å². The number of amides is 1. The smallest absolute Gasteiger partial charge is 0.251 e. The maximum Gasteiger partial charge on any atom is 0.251 e. The number of H-pyrrole nitrogens is 1. The zero-order valence-electron chi connectivity index (χ0n) is 15.2. The van der Waals surface area contributed by atoms with Gasteiger partial charge in [-0.1, -0.05) is 18.2 Å². The molecule has 8 heteroatoms. The lowest BCUT2D eigenvalue weighted by atomic mass is 10.1. The lowest BCUT2D eigenvalue weighted by molar-refractivity contribution is -0.115. The number of para-hydroxylation sites is 1. The highest BCUT2D eigenvalue weighted by atomic mass is 32.2. The van der Waals surface area contributed by atoms with E-state index in [2.05, 4.69) is 15.0 Å². The second-order valence-electron chi connectivity index (χ2n) is 6.85. The molecule has 0 fully saturated rings. The molecule has 0 radical (unpaired) electrons. The number of aromatic amines is 1. The topological polar surface area (TPSA) is 108 Å². The first kappa shape index (κ1) is 18.4. The number of aromatic nitrogens is 1. The van der Waals surface area contributed by atoms with Crippen molar-refractivity contribution in [3.05, 3.63) is 69.5 Å². The van der Waals surface area contributed by atoms with Crippen molar-refractivity contribution in [3.63, 3.8) is 0 Å². The van der Waals surface area contributed by atoms with Crippen LogP contribution >= 0.6 is 0 Å². The summed E-state index contributed by atoms with van der Waals surface area (Å²) in [5.41, 5.74) is 3.37. The van der Waals surface area contributed by atoms with Gasteiger partial charge < -0.3 is 10.3 Å². The molecule has 0 bridgehead atoms. The Kier molecular flexibility index (Phi) is 4.52. The number of hydrogen-bond donors (Lipinski definition) is 3. The van der Waals surface area contributed by atoms with Crippen LogP contribution in [0.1, 0.15) is 16.7 Å². The Morgan fingerprint density at radius 1 is 1.11 bits per heavy atom. The monoisotopic (exact) mass is 397 g/mol. The van der Waals surface area contributed by atoms with E-state index in [1.54, 1.807) is 12.1 Å². The lowest BCUT2D eigenvalue weighted by Crippen LogP contribution is -2.27. The lowest BCUT2D eigenvalue weighted by Gasteiger charge is -2.09. The van der Waals surface area contributed by atoms with Crippen LogP contribution in [0.5, 0.6) is 0 Å². The van der Waals surface area contributed by atoms with Crippen LogP contribution in [0.15, 0.2) is 52.2 Å². The fourth-order valence-electron chi connectivity index (χ4n) is 3.39. The van der Waals surface area contributed by atoms with Gasteiger partial charge in [0.2, 0.25) is 15.9 Å². The van der Waals surface area contributed by atoms with Crippen LogP contribution in [-0.4, -0.2) is 25.9 Å². The van der Waals surface area contributed by atoms with Gasteiger partial charge in [-0.25, -0.2) is 13.1 Å². The molecule has 144 valence electrons. The SMILES string of the molecule is Cc1cccc2cc(CCNS(=O)(=O)c3ccc4c(c3)CC(=O)N4)c(=O)[nH]c12. The van der Waals surface area contributed by atoms with E-state index < -0.39 is 10.0 Å². The van der Waals surface area contributed by atoms with Crippen molar-refractivity contribution in [2.75, 3.05) is 11.9 Å². The first-order chi connectivity index (χ1) is 13.3. The van der Waals surface area contributed by atoms with Gasteiger partial charge in [0.25, 0.3) is 5.56 Å². The molecule has 7 nitrogen and oxygen atoms in total. The third-order valence-corrected chi connectivity index (χ3v) is 6.32. The van der Waals surface area contributed by atoms with Crippen LogP contribution < -0.4 is 15.6 Å². The van der Waals surface area contributed by atoms with Crippen LogP contribution in [0.3, 0.4) is 0 Å². The third kappa shape index (κ3) is 3.44. The molecular formula is C20H19N3O4S. The van der Waals surface area contributed by atoms with Crippen molar-refractivity contribution >= 4 is 32.5 Å². The summed E-state index contributed by atoms with van der Waals surface area (Å²) in [4.78, 5) is 26.7. The third-order valence-electron chi connectivity index (χ3n) is 4.86. The van der Waals surface area contributed by atoms with Crippen molar-refractivity contribution in [1.29, 1.82) is 0 Å². The Morgan fingerprint density at radius 2 is 1.93 bits per heavy atom. The Bertz CT molecular complexity index is 1260. The van der Waals surface area contributed by atoms with E-state index in [0.29, 0.717) is 16.8 Å². The molecule has 0 spiro atoms. The van der Waals surface area contributed by atoms with Gasteiger partial charge in [0.1, 0.15) is 0 Å². The molecule has 1 aliphatic heterocycles. The number of carbonyl (C=O) groups is 1. The molecule has 1 aromatic heterocycles. The van der Waals surface area contributed by atoms with E-state index in [-0.39, 0.29) is 35.7 Å². The largest absolute Gasteiger partial charge is 0.326 e. The molecule has 1 aliphatic rings. The first-order valence-electron chi connectivity index (χ1n) is 8.87. The zero-order valence-corrected chi connectivity index (χ0v) is 16.0. The molecule has 4 rings (SSSR count). The molecule has 3 N–H and O–H groups in total. The molecule has 2 aromatic carbocycles. The zero-order chi connectivity index (χ0) is 19.9. The minimum Gasteiger partial charge on any atom is -0.326 e. The number of aryl methyl sites for hydroxylation is 1. The van der Waals surface area contributed by atoms with Gasteiger partial charge >= 0.3 is 0 Å². The number of fused-ring (bicyclic) bond motifs is 2. The molecule has 3 aromatic rings. The fraction of sp³-hybridized carbons (Fsp3) is 0.200. The van der Waals surface area contributed by atoms with Crippen molar-refractivity contribution in [2.24, 2.45) is 0 Å². The van der Waals surface area contributed by atoms with Gasteiger partial charge in [0.15, 0.2) is 0 Å². The summed E-state index contributed by atoms with van der Waals surface area (Å²) in [5, 5.41) is 3.58. The maximum atomic E-state index is 12.5. The first-order valence-corrected chi connectivity index (χ1v) is 10.4.